The van der Waals surface area contributed by atoms with E-state index in [1.807, 2.05) is 48.5 Å². The van der Waals surface area contributed by atoms with Crippen molar-refractivity contribution >= 4 is 12.0 Å². The molecule has 0 unspecified atom stereocenters. The minimum atomic E-state index is -0.916. The first-order valence-corrected chi connectivity index (χ1v) is 8.22. The van der Waals surface area contributed by atoms with Gasteiger partial charge in [0.1, 0.15) is 0 Å². The molecule has 6 heteroatoms. The van der Waals surface area contributed by atoms with E-state index >= 15 is 0 Å². The molecule has 2 N–H and O–H groups in total. The minimum Gasteiger partial charge on any atom is -0.481 e. The Morgan fingerprint density at radius 1 is 1.16 bits per heavy atom. The third kappa shape index (κ3) is 6.25. The molecule has 0 fully saturated rings. The summed E-state index contributed by atoms with van der Waals surface area (Å²) >= 11 is 0. The summed E-state index contributed by atoms with van der Waals surface area (Å²) < 4.78 is 0. The molecule has 1 aromatic heterocycles. The van der Waals surface area contributed by atoms with Gasteiger partial charge in [-0.05, 0) is 24.1 Å². The van der Waals surface area contributed by atoms with E-state index in [9.17, 15) is 14.7 Å². The first kappa shape index (κ1) is 18.4. The van der Waals surface area contributed by atoms with Gasteiger partial charge in [0.15, 0.2) is 0 Å². The van der Waals surface area contributed by atoms with Gasteiger partial charge in [0.25, 0.3) is 0 Å². The van der Waals surface area contributed by atoms with E-state index in [2.05, 4.69) is 10.3 Å². The van der Waals surface area contributed by atoms with Gasteiger partial charge in [-0.1, -0.05) is 36.4 Å². The molecule has 6 nitrogen and oxygen atoms in total. The number of hydrogen-bond acceptors (Lipinski definition) is 3. The normalized spacial score (nSPS) is 11.6. The summed E-state index contributed by atoms with van der Waals surface area (Å²) in [7, 11) is 1.69. The molecule has 0 saturated carbocycles. The average Bonchev–Trinajstić information content (AvgIpc) is 2.64. The predicted octanol–water partition coefficient (Wildman–Crippen LogP) is 2.21. The van der Waals surface area contributed by atoms with Crippen LogP contribution in [0.5, 0.6) is 0 Å². The minimum absolute atomic E-state index is 0.0942. The SMILES string of the molecule is CN(CCc1ccccn1)C(=O)NC[C@@H](Cc1ccccc1)C(=O)O. The third-order valence-corrected chi connectivity index (χ3v) is 3.95. The van der Waals surface area contributed by atoms with Crippen LogP contribution in [0.15, 0.2) is 54.7 Å². The second kappa shape index (κ2) is 9.42. The molecule has 1 heterocycles. The van der Waals surface area contributed by atoms with E-state index in [4.69, 9.17) is 0 Å². The molecule has 2 rings (SSSR count). The number of pyridine rings is 1. The van der Waals surface area contributed by atoms with E-state index in [1.165, 1.54) is 4.90 Å². The zero-order valence-electron chi connectivity index (χ0n) is 14.3. The molecule has 25 heavy (non-hydrogen) atoms. The van der Waals surface area contributed by atoms with E-state index in [0.717, 1.165) is 11.3 Å². The summed E-state index contributed by atoms with van der Waals surface area (Å²) in [6.07, 6.45) is 2.75. The number of aromatic nitrogens is 1. The van der Waals surface area contributed by atoms with E-state index in [0.29, 0.717) is 19.4 Å². The molecule has 2 amide bonds. The van der Waals surface area contributed by atoms with Gasteiger partial charge in [-0.2, -0.15) is 0 Å². The van der Waals surface area contributed by atoms with Crippen LogP contribution in [0.25, 0.3) is 0 Å². The summed E-state index contributed by atoms with van der Waals surface area (Å²) in [4.78, 5) is 29.3. The summed E-state index contributed by atoms with van der Waals surface area (Å²) in [6, 6.07) is 14.8. The van der Waals surface area contributed by atoms with Crippen molar-refractivity contribution in [3.8, 4) is 0 Å². The monoisotopic (exact) mass is 341 g/mol. The van der Waals surface area contributed by atoms with Gasteiger partial charge < -0.3 is 15.3 Å². The smallest absolute Gasteiger partial charge is 0.317 e. The molecule has 0 spiro atoms. The standard InChI is InChI=1S/C19H23N3O3/c1-22(12-10-17-9-5-6-11-20-17)19(25)21-14-16(18(23)24)13-15-7-3-2-4-8-15/h2-9,11,16H,10,12-14H2,1H3,(H,21,25)(H,23,24)/t16-/m1/s1. The number of carboxylic acid groups (broad SMARTS) is 1. The second-order valence-electron chi connectivity index (χ2n) is 5.90. The van der Waals surface area contributed by atoms with E-state index in [1.54, 1.807) is 13.2 Å². The van der Waals surface area contributed by atoms with Crippen molar-refractivity contribution in [3.05, 3.63) is 66.0 Å². The number of benzene rings is 1. The maximum atomic E-state index is 12.1. The lowest BCUT2D eigenvalue weighted by atomic mass is 9.99. The molecule has 2 aromatic rings. The van der Waals surface area contributed by atoms with Crippen LogP contribution in [0.2, 0.25) is 0 Å². The number of rotatable bonds is 8. The molecule has 0 aliphatic heterocycles. The number of nitrogens with one attached hydrogen (secondary N) is 1. The number of aliphatic carboxylic acids is 1. The second-order valence-corrected chi connectivity index (χ2v) is 5.90. The lowest BCUT2D eigenvalue weighted by Gasteiger charge is -2.20. The highest BCUT2D eigenvalue weighted by Gasteiger charge is 2.20. The summed E-state index contributed by atoms with van der Waals surface area (Å²) in [5.74, 6) is -1.57. The van der Waals surface area contributed by atoms with Crippen LogP contribution >= 0.6 is 0 Å². The number of carbonyl (C=O) groups excluding carboxylic acids is 1. The number of carboxylic acids is 1. The molecule has 1 atom stereocenters. The van der Waals surface area contributed by atoms with Crippen molar-refractivity contribution in [1.82, 2.24) is 15.2 Å². The first-order chi connectivity index (χ1) is 12.1. The summed E-state index contributed by atoms with van der Waals surface area (Å²) in [6.45, 7) is 0.607. The topological polar surface area (TPSA) is 82.5 Å². The fraction of sp³-hybridized carbons (Fsp3) is 0.316. The van der Waals surface area contributed by atoms with E-state index in [-0.39, 0.29) is 12.6 Å². The maximum absolute atomic E-state index is 12.1. The Labute approximate surface area is 147 Å². The highest BCUT2D eigenvalue weighted by atomic mass is 16.4. The Kier molecular flexibility index (Phi) is 6.95. The van der Waals surface area contributed by atoms with Crippen LogP contribution in [0, 0.1) is 5.92 Å². The van der Waals surface area contributed by atoms with Gasteiger partial charge in [0, 0.05) is 38.4 Å². The van der Waals surface area contributed by atoms with Crippen LogP contribution in [-0.4, -0.2) is 47.1 Å². The van der Waals surface area contributed by atoms with Gasteiger partial charge in [-0.3, -0.25) is 9.78 Å². The van der Waals surface area contributed by atoms with Gasteiger partial charge in [-0.25, -0.2) is 4.79 Å². The number of hydrogen-bond donors (Lipinski definition) is 2. The van der Waals surface area contributed by atoms with Crippen LogP contribution < -0.4 is 5.32 Å². The molecule has 0 bridgehead atoms. The van der Waals surface area contributed by atoms with E-state index < -0.39 is 11.9 Å². The molecule has 1 aromatic carbocycles. The molecule has 0 aliphatic carbocycles. The largest absolute Gasteiger partial charge is 0.481 e. The predicted molar refractivity (Wildman–Crippen MR) is 95.2 cm³/mol. The number of nitrogens with zero attached hydrogens (tertiary/aromatic N) is 2. The lowest BCUT2D eigenvalue weighted by molar-refractivity contribution is -0.141. The quantitative estimate of drug-likeness (QED) is 0.771. The summed E-state index contributed by atoms with van der Waals surface area (Å²) in [5.41, 5.74) is 1.85. The highest BCUT2D eigenvalue weighted by Crippen LogP contribution is 2.08. The van der Waals surface area contributed by atoms with Crippen molar-refractivity contribution in [2.75, 3.05) is 20.1 Å². The van der Waals surface area contributed by atoms with Gasteiger partial charge in [0.05, 0.1) is 5.92 Å². The van der Waals surface area contributed by atoms with Crippen LogP contribution in [0.4, 0.5) is 4.79 Å². The Bertz CT molecular complexity index is 677. The Morgan fingerprint density at radius 2 is 1.88 bits per heavy atom. The molecule has 132 valence electrons. The van der Waals surface area contributed by atoms with Gasteiger partial charge in [0.2, 0.25) is 0 Å². The van der Waals surface area contributed by atoms with Crippen molar-refractivity contribution in [1.29, 1.82) is 0 Å². The first-order valence-electron chi connectivity index (χ1n) is 8.22. The lowest BCUT2D eigenvalue weighted by Crippen LogP contribution is -2.42. The number of likely N-dealkylation sites (N-methyl/N-ethyl adjacent to an activating group) is 1. The molecule has 0 aliphatic rings. The Hall–Kier alpha value is -2.89. The number of urea groups is 1. The molecule has 0 radical (unpaired) electrons. The van der Waals surface area contributed by atoms with Gasteiger partial charge >= 0.3 is 12.0 Å². The molecule has 0 saturated heterocycles. The average molecular weight is 341 g/mol. The zero-order chi connectivity index (χ0) is 18.1. The zero-order valence-corrected chi connectivity index (χ0v) is 14.3. The fourth-order valence-electron chi connectivity index (χ4n) is 2.42. The fourth-order valence-corrected chi connectivity index (χ4v) is 2.42. The van der Waals surface area contributed by atoms with Crippen molar-refractivity contribution in [2.24, 2.45) is 5.92 Å². The highest BCUT2D eigenvalue weighted by molar-refractivity contribution is 5.76. The van der Waals surface area contributed by atoms with Crippen LogP contribution in [0.1, 0.15) is 11.3 Å². The maximum Gasteiger partial charge on any atom is 0.317 e. The number of amides is 2. The van der Waals surface area contributed by atoms with Gasteiger partial charge in [-0.15, -0.1) is 0 Å². The molecular formula is C19H23N3O3. The van der Waals surface area contributed by atoms with Crippen LogP contribution in [-0.2, 0) is 17.6 Å². The van der Waals surface area contributed by atoms with Crippen molar-refractivity contribution in [3.63, 3.8) is 0 Å². The number of carbonyl (C=O) groups is 2. The van der Waals surface area contributed by atoms with Crippen molar-refractivity contribution < 1.29 is 14.7 Å². The third-order valence-electron chi connectivity index (χ3n) is 3.95. The molecular weight excluding hydrogens is 318 g/mol. The Balaban J connectivity index is 1.80. The van der Waals surface area contributed by atoms with Crippen LogP contribution in [0.3, 0.4) is 0 Å². The Morgan fingerprint density at radius 3 is 2.52 bits per heavy atom. The summed E-state index contributed by atoms with van der Waals surface area (Å²) in [5, 5.41) is 12.1. The van der Waals surface area contributed by atoms with Crippen molar-refractivity contribution in [2.45, 2.75) is 12.8 Å².